The van der Waals surface area contributed by atoms with Gasteiger partial charge in [-0.3, -0.25) is 4.99 Å². The van der Waals surface area contributed by atoms with Crippen molar-refractivity contribution in [3.8, 4) is 0 Å². The monoisotopic (exact) mass is 356 g/mol. The minimum Gasteiger partial charge on any atom is -0.377 e. The number of hydrogen-bond acceptors (Lipinski definition) is 4. The SMILES string of the molecule is CCOC(CCN(C)C)CNC(=NC)NCCOC1CCCCCC1. The van der Waals surface area contributed by atoms with Crippen LogP contribution in [0.25, 0.3) is 0 Å². The molecule has 0 radical (unpaired) electrons. The van der Waals surface area contributed by atoms with Gasteiger partial charge in [-0.15, -0.1) is 0 Å². The predicted molar refractivity (Wildman–Crippen MR) is 105 cm³/mol. The van der Waals surface area contributed by atoms with Gasteiger partial charge in [-0.1, -0.05) is 25.7 Å². The highest BCUT2D eigenvalue weighted by atomic mass is 16.5. The van der Waals surface area contributed by atoms with Crippen LogP contribution in [0.5, 0.6) is 0 Å². The van der Waals surface area contributed by atoms with E-state index >= 15 is 0 Å². The van der Waals surface area contributed by atoms with E-state index in [0.717, 1.165) is 45.2 Å². The molecule has 1 aliphatic carbocycles. The summed E-state index contributed by atoms with van der Waals surface area (Å²) < 4.78 is 11.8. The lowest BCUT2D eigenvalue weighted by molar-refractivity contribution is 0.0465. The van der Waals surface area contributed by atoms with Crippen LogP contribution in [0.3, 0.4) is 0 Å². The fraction of sp³-hybridized carbons (Fsp3) is 0.947. The highest BCUT2D eigenvalue weighted by Gasteiger charge is 2.13. The zero-order chi connectivity index (χ0) is 18.3. The van der Waals surface area contributed by atoms with Gasteiger partial charge in [0.25, 0.3) is 0 Å². The number of hydrogen-bond donors (Lipinski definition) is 2. The molecule has 6 nitrogen and oxygen atoms in total. The van der Waals surface area contributed by atoms with E-state index < -0.39 is 0 Å². The summed E-state index contributed by atoms with van der Waals surface area (Å²) in [7, 11) is 5.98. The molecule has 1 rings (SSSR count). The quantitative estimate of drug-likeness (QED) is 0.257. The lowest BCUT2D eigenvalue weighted by Crippen LogP contribution is -2.43. The van der Waals surface area contributed by atoms with E-state index in [1.165, 1.54) is 38.5 Å². The van der Waals surface area contributed by atoms with E-state index in [9.17, 15) is 0 Å². The van der Waals surface area contributed by atoms with Gasteiger partial charge in [0, 0.05) is 33.3 Å². The number of ether oxygens (including phenoxy) is 2. The standard InChI is InChI=1S/C19H40N4O2/c1-5-24-18(12-14-23(3)4)16-22-19(20-2)21-13-15-25-17-10-8-6-7-9-11-17/h17-18H,5-16H2,1-4H3,(H2,20,21,22). The zero-order valence-electron chi connectivity index (χ0n) is 16.9. The molecule has 1 atom stereocenters. The summed E-state index contributed by atoms with van der Waals surface area (Å²) in [5.74, 6) is 0.819. The van der Waals surface area contributed by atoms with Crippen LogP contribution in [0.2, 0.25) is 0 Å². The average molecular weight is 357 g/mol. The fourth-order valence-corrected chi connectivity index (χ4v) is 3.12. The van der Waals surface area contributed by atoms with Crippen LogP contribution in [-0.4, -0.2) is 77.1 Å². The number of rotatable bonds is 11. The van der Waals surface area contributed by atoms with E-state index in [1.54, 1.807) is 7.05 Å². The van der Waals surface area contributed by atoms with Gasteiger partial charge >= 0.3 is 0 Å². The fourth-order valence-electron chi connectivity index (χ4n) is 3.12. The zero-order valence-corrected chi connectivity index (χ0v) is 16.9. The molecule has 25 heavy (non-hydrogen) atoms. The first-order valence-electron chi connectivity index (χ1n) is 9.98. The van der Waals surface area contributed by atoms with Gasteiger partial charge in [0.05, 0.1) is 18.8 Å². The second kappa shape index (κ2) is 14.3. The topological polar surface area (TPSA) is 58.1 Å². The highest BCUT2D eigenvalue weighted by Crippen LogP contribution is 2.19. The molecule has 1 unspecified atom stereocenters. The van der Waals surface area contributed by atoms with Crippen molar-refractivity contribution in [3.05, 3.63) is 0 Å². The lowest BCUT2D eigenvalue weighted by atomic mass is 10.1. The van der Waals surface area contributed by atoms with Crippen molar-refractivity contribution in [1.82, 2.24) is 15.5 Å². The Hall–Kier alpha value is -0.850. The van der Waals surface area contributed by atoms with Crippen LogP contribution in [0.4, 0.5) is 0 Å². The van der Waals surface area contributed by atoms with Crippen molar-refractivity contribution in [2.75, 3.05) is 54.0 Å². The molecule has 0 aromatic rings. The van der Waals surface area contributed by atoms with Gasteiger partial charge in [-0.2, -0.15) is 0 Å². The van der Waals surface area contributed by atoms with Gasteiger partial charge in [-0.25, -0.2) is 0 Å². The van der Waals surface area contributed by atoms with Crippen molar-refractivity contribution in [2.24, 2.45) is 4.99 Å². The first-order valence-corrected chi connectivity index (χ1v) is 9.98. The molecule has 0 saturated heterocycles. The maximum absolute atomic E-state index is 6.01. The number of aliphatic imine (C=N–C) groups is 1. The van der Waals surface area contributed by atoms with E-state index in [-0.39, 0.29) is 6.10 Å². The molecule has 148 valence electrons. The van der Waals surface area contributed by atoms with Gasteiger partial charge in [-0.05, 0) is 40.3 Å². The molecule has 1 saturated carbocycles. The smallest absolute Gasteiger partial charge is 0.191 e. The van der Waals surface area contributed by atoms with Crippen molar-refractivity contribution >= 4 is 5.96 Å². The molecule has 0 aromatic carbocycles. The van der Waals surface area contributed by atoms with Gasteiger partial charge in [0.15, 0.2) is 5.96 Å². The van der Waals surface area contributed by atoms with E-state index in [4.69, 9.17) is 9.47 Å². The Morgan fingerprint density at radius 3 is 2.48 bits per heavy atom. The van der Waals surface area contributed by atoms with Crippen LogP contribution >= 0.6 is 0 Å². The van der Waals surface area contributed by atoms with Crippen molar-refractivity contribution in [1.29, 1.82) is 0 Å². The van der Waals surface area contributed by atoms with Gasteiger partial charge < -0.3 is 25.0 Å². The molecule has 0 bridgehead atoms. The Morgan fingerprint density at radius 1 is 1.16 bits per heavy atom. The Labute approximate surface area is 154 Å². The summed E-state index contributed by atoms with van der Waals surface area (Å²) in [5.41, 5.74) is 0. The Kier molecular flexibility index (Phi) is 12.7. The molecule has 1 fully saturated rings. The van der Waals surface area contributed by atoms with Gasteiger partial charge in [0.2, 0.25) is 0 Å². The minimum absolute atomic E-state index is 0.202. The Balaban J connectivity index is 2.19. The third-order valence-electron chi connectivity index (χ3n) is 4.57. The average Bonchev–Trinajstić information content (AvgIpc) is 2.87. The summed E-state index contributed by atoms with van der Waals surface area (Å²) in [6.45, 7) is 6.09. The van der Waals surface area contributed by atoms with Crippen LogP contribution in [-0.2, 0) is 9.47 Å². The summed E-state index contributed by atoms with van der Waals surface area (Å²) in [4.78, 5) is 6.47. The van der Waals surface area contributed by atoms with Crippen molar-refractivity contribution in [3.63, 3.8) is 0 Å². The lowest BCUT2D eigenvalue weighted by Gasteiger charge is -2.21. The van der Waals surface area contributed by atoms with Crippen LogP contribution in [0, 0.1) is 0 Å². The minimum atomic E-state index is 0.202. The second-order valence-electron chi connectivity index (χ2n) is 7.03. The largest absolute Gasteiger partial charge is 0.377 e. The molecule has 0 amide bonds. The van der Waals surface area contributed by atoms with E-state index in [1.807, 2.05) is 6.92 Å². The summed E-state index contributed by atoms with van der Waals surface area (Å²) in [6, 6.07) is 0. The normalized spacial score (nSPS) is 18.2. The summed E-state index contributed by atoms with van der Waals surface area (Å²) in [5, 5.41) is 6.70. The Bertz CT molecular complexity index is 342. The first kappa shape index (κ1) is 22.2. The summed E-state index contributed by atoms with van der Waals surface area (Å²) >= 11 is 0. The third kappa shape index (κ3) is 11.4. The number of guanidine groups is 1. The van der Waals surface area contributed by atoms with Crippen LogP contribution in [0.15, 0.2) is 4.99 Å². The highest BCUT2D eigenvalue weighted by molar-refractivity contribution is 5.79. The molecule has 0 aromatic heterocycles. The predicted octanol–water partition coefficient (Wildman–Crippen LogP) is 2.25. The molecule has 1 aliphatic rings. The van der Waals surface area contributed by atoms with E-state index in [2.05, 4.69) is 34.6 Å². The number of nitrogens with one attached hydrogen (secondary N) is 2. The molecule has 0 aliphatic heterocycles. The van der Waals surface area contributed by atoms with Crippen molar-refractivity contribution < 1.29 is 9.47 Å². The molecule has 2 N–H and O–H groups in total. The van der Waals surface area contributed by atoms with Crippen molar-refractivity contribution in [2.45, 2.75) is 64.1 Å². The first-order chi connectivity index (χ1) is 12.2. The molecular weight excluding hydrogens is 316 g/mol. The maximum atomic E-state index is 6.01. The second-order valence-corrected chi connectivity index (χ2v) is 7.03. The molecular formula is C19H40N4O2. The number of nitrogens with zero attached hydrogens (tertiary/aromatic N) is 2. The van der Waals surface area contributed by atoms with E-state index in [0.29, 0.717) is 6.10 Å². The molecule has 0 heterocycles. The van der Waals surface area contributed by atoms with Crippen LogP contribution in [0.1, 0.15) is 51.9 Å². The molecule has 0 spiro atoms. The maximum Gasteiger partial charge on any atom is 0.191 e. The van der Waals surface area contributed by atoms with Crippen LogP contribution < -0.4 is 10.6 Å². The third-order valence-corrected chi connectivity index (χ3v) is 4.57. The van der Waals surface area contributed by atoms with Gasteiger partial charge in [0.1, 0.15) is 0 Å². The summed E-state index contributed by atoms with van der Waals surface area (Å²) in [6.07, 6.45) is 9.45. The molecule has 6 heteroatoms. The Morgan fingerprint density at radius 2 is 1.88 bits per heavy atom.